The van der Waals surface area contributed by atoms with E-state index in [9.17, 15) is 4.39 Å². The van der Waals surface area contributed by atoms with E-state index < -0.39 is 5.82 Å². The number of nitrogens with zero attached hydrogens (tertiary/aromatic N) is 2. The molecule has 1 aromatic carbocycles. The fourth-order valence-corrected chi connectivity index (χ4v) is 2.20. The molecule has 0 saturated carbocycles. The van der Waals surface area contributed by atoms with E-state index in [1.54, 1.807) is 18.2 Å². The first-order valence-corrected chi connectivity index (χ1v) is 5.83. The Labute approximate surface area is 101 Å². The van der Waals surface area contributed by atoms with Gasteiger partial charge in [-0.2, -0.15) is 0 Å². The standard InChI is InChI=1S/C12H7FN2OS/c13-9-3-1-2-4-10(9)16-11-8-5-6-17-12(8)15-7-14-11/h1-7H. The van der Waals surface area contributed by atoms with Gasteiger partial charge >= 0.3 is 0 Å². The fourth-order valence-electron chi connectivity index (χ4n) is 1.48. The topological polar surface area (TPSA) is 35.0 Å². The molecule has 0 spiro atoms. The van der Waals surface area contributed by atoms with Crippen LogP contribution in [-0.2, 0) is 0 Å². The maximum atomic E-state index is 13.4. The van der Waals surface area contributed by atoms with Crippen molar-refractivity contribution >= 4 is 21.6 Å². The number of aromatic nitrogens is 2. The summed E-state index contributed by atoms with van der Waals surface area (Å²) in [6.07, 6.45) is 1.41. The Morgan fingerprint density at radius 1 is 1.12 bits per heavy atom. The van der Waals surface area contributed by atoms with E-state index in [1.807, 2.05) is 11.4 Å². The molecule has 0 N–H and O–H groups in total. The summed E-state index contributed by atoms with van der Waals surface area (Å²) in [6.45, 7) is 0. The van der Waals surface area contributed by atoms with Gasteiger partial charge in [-0.25, -0.2) is 14.4 Å². The molecule has 0 fully saturated rings. The maximum Gasteiger partial charge on any atom is 0.231 e. The highest BCUT2D eigenvalue weighted by atomic mass is 32.1. The van der Waals surface area contributed by atoms with Crippen LogP contribution in [-0.4, -0.2) is 9.97 Å². The molecule has 3 rings (SSSR count). The highest BCUT2D eigenvalue weighted by molar-refractivity contribution is 7.16. The van der Waals surface area contributed by atoms with Gasteiger partial charge in [0.15, 0.2) is 11.6 Å². The second kappa shape index (κ2) is 4.10. The average molecular weight is 246 g/mol. The summed E-state index contributed by atoms with van der Waals surface area (Å²) in [5.41, 5.74) is 0. The predicted octanol–water partition coefficient (Wildman–Crippen LogP) is 3.62. The summed E-state index contributed by atoms with van der Waals surface area (Å²) < 4.78 is 18.9. The molecular formula is C12H7FN2OS. The van der Waals surface area contributed by atoms with Crippen molar-refractivity contribution < 1.29 is 9.13 Å². The molecule has 3 aromatic rings. The van der Waals surface area contributed by atoms with Gasteiger partial charge < -0.3 is 4.74 Å². The Balaban J connectivity index is 2.06. The number of halogens is 1. The minimum Gasteiger partial charge on any atom is -0.435 e. The van der Waals surface area contributed by atoms with Gasteiger partial charge in [0.05, 0.1) is 5.39 Å². The highest BCUT2D eigenvalue weighted by Gasteiger charge is 2.09. The van der Waals surface area contributed by atoms with E-state index in [1.165, 1.54) is 23.7 Å². The summed E-state index contributed by atoms with van der Waals surface area (Å²) in [5.74, 6) is 0.134. The van der Waals surface area contributed by atoms with E-state index in [4.69, 9.17) is 4.74 Å². The summed E-state index contributed by atoms with van der Waals surface area (Å²) in [5, 5.41) is 2.69. The lowest BCUT2D eigenvalue weighted by molar-refractivity contribution is 0.432. The van der Waals surface area contributed by atoms with Crippen LogP contribution in [0.3, 0.4) is 0 Å². The molecule has 2 aromatic heterocycles. The molecule has 0 aliphatic heterocycles. The van der Waals surface area contributed by atoms with Crippen molar-refractivity contribution in [3.05, 3.63) is 47.9 Å². The van der Waals surface area contributed by atoms with E-state index >= 15 is 0 Å². The summed E-state index contributed by atoms with van der Waals surface area (Å²) in [4.78, 5) is 8.95. The van der Waals surface area contributed by atoms with E-state index in [0.717, 1.165) is 10.2 Å². The molecule has 5 heteroatoms. The molecule has 0 aliphatic carbocycles. The monoisotopic (exact) mass is 246 g/mol. The van der Waals surface area contributed by atoms with Crippen LogP contribution in [0.2, 0.25) is 0 Å². The van der Waals surface area contributed by atoms with Crippen LogP contribution in [0.1, 0.15) is 0 Å². The zero-order valence-corrected chi connectivity index (χ0v) is 9.45. The van der Waals surface area contributed by atoms with Gasteiger partial charge in [-0.05, 0) is 23.6 Å². The number of fused-ring (bicyclic) bond motifs is 1. The maximum absolute atomic E-state index is 13.4. The van der Waals surface area contributed by atoms with Crippen LogP contribution in [0, 0.1) is 5.82 Å². The SMILES string of the molecule is Fc1ccccc1Oc1ncnc2sccc12. The average Bonchev–Trinajstić information content (AvgIpc) is 2.81. The lowest BCUT2D eigenvalue weighted by Crippen LogP contribution is -1.91. The van der Waals surface area contributed by atoms with Crippen LogP contribution >= 0.6 is 11.3 Å². The van der Waals surface area contributed by atoms with Crippen molar-refractivity contribution in [1.29, 1.82) is 0 Å². The number of thiophene rings is 1. The van der Waals surface area contributed by atoms with Crippen LogP contribution in [0.4, 0.5) is 4.39 Å². The summed E-state index contributed by atoms with van der Waals surface area (Å²) >= 11 is 1.49. The summed E-state index contributed by atoms with van der Waals surface area (Å²) in [7, 11) is 0. The minimum absolute atomic E-state index is 0.165. The van der Waals surface area contributed by atoms with Crippen molar-refractivity contribution in [2.24, 2.45) is 0 Å². The first-order valence-electron chi connectivity index (χ1n) is 4.95. The molecule has 0 amide bonds. The molecule has 84 valence electrons. The minimum atomic E-state index is -0.408. The number of benzene rings is 1. The number of rotatable bonds is 2. The molecule has 0 atom stereocenters. The third kappa shape index (κ3) is 1.85. The zero-order valence-electron chi connectivity index (χ0n) is 8.63. The van der Waals surface area contributed by atoms with Crippen LogP contribution in [0.15, 0.2) is 42.0 Å². The Morgan fingerprint density at radius 3 is 2.88 bits per heavy atom. The number of hydrogen-bond acceptors (Lipinski definition) is 4. The first kappa shape index (κ1) is 10.2. The van der Waals surface area contributed by atoms with Crippen LogP contribution < -0.4 is 4.74 Å². The van der Waals surface area contributed by atoms with Crippen molar-refractivity contribution in [1.82, 2.24) is 9.97 Å². The molecule has 3 nitrogen and oxygen atoms in total. The normalized spacial score (nSPS) is 10.6. The Hall–Kier alpha value is -2.01. The van der Waals surface area contributed by atoms with Gasteiger partial charge in [0.1, 0.15) is 11.2 Å². The molecule has 17 heavy (non-hydrogen) atoms. The molecular weight excluding hydrogens is 239 g/mol. The smallest absolute Gasteiger partial charge is 0.231 e. The fraction of sp³-hybridized carbons (Fsp3) is 0. The molecule has 0 saturated heterocycles. The van der Waals surface area contributed by atoms with E-state index in [0.29, 0.717) is 5.88 Å². The molecule has 2 heterocycles. The second-order valence-corrected chi connectivity index (χ2v) is 4.25. The lowest BCUT2D eigenvalue weighted by atomic mass is 10.3. The summed E-state index contributed by atoms with van der Waals surface area (Å²) in [6, 6.07) is 8.10. The largest absolute Gasteiger partial charge is 0.435 e. The quantitative estimate of drug-likeness (QED) is 0.692. The first-order chi connectivity index (χ1) is 8.34. The van der Waals surface area contributed by atoms with Crippen molar-refractivity contribution in [2.75, 3.05) is 0 Å². The van der Waals surface area contributed by atoms with Crippen molar-refractivity contribution in [3.8, 4) is 11.6 Å². The Kier molecular flexibility index (Phi) is 2.45. The highest BCUT2D eigenvalue weighted by Crippen LogP contribution is 2.30. The molecule has 0 radical (unpaired) electrons. The van der Waals surface area contributed by atoms with Gasteiger partial charge in [0.25, 0.3) is 0 Å². The Bertz CT molecular complexity index is 668. The van der Waals surface area contributed by atoms with Crippen LogP contribution in [0.25, 0.3) is 10.2 Å². The third-order valence-corrected chi connectivity index (χ3v) is 3.09. The van der Waals surface area contributed by atoms with E-state index in [2.05, 4.69) is 9.97 Å². The van der Waals surface area contributed by atoms with Gasteiger partial charge in [-0.1, -0.05) is 12.1 Å². The van der Waals surface area contributed by atoms with Gasteiger partial charge in [-0.15, -0.1) is 11.3 Å². The Morgan fingerprint density at radius 2 is 2.00 bits per heavy atom. The van der Waals surface area contributed by atoms with Gasteiger partial charge in [-0.3, -0.25) is 0 Å². The number of hydrogen-bond donors (Lipinski definition) is 0. The third-order valence-electron chi connectivity index (χ3n) is 2.27. The number of para-hydroxylation sites is 1. The van der Waals surface area contributed by atoms with E-state index in [-0.39, 0.29) is 5.75 Å². The van der Waals surface area contributed by atoms with Crippen molar-refractivity contribution in [3.63, 3.8) is 0 Å². The second-order valence-electron chi connectivity index (χ2n) is 3.35. The number of ether oxygens (including phenoxy) is 1. The zero-order chi connectivity index (χ0) is 11.7. The van der Waals surface area contributed by atoms with Gasteiger partial charge in [0.2, 0.25) is 5.88 Å². The van der Waals surface area contributed by atoms with Gasteiger partial charge in [0, 0.05) is 0 Å². The lowest BCUT2D eigenvalue weighted by Gasteiger charge is -2.05. The molecule has 0 aliphatic rings. The molecule has 0 unspecified atom stereocenters. The van der Waals surface area contributed by atoms with Crippen molar-refractivity contribution in [2.45, 2.75) is 0 Å². The van der Waals surface area contributed by atoms with Crippen LogP contribution in [0.5, 0.6) is 11.6 Å². The molecule has 0 bridgehead atoms. The predicted molar refractivity (Wildman–Crippen MR) is 63.9 cm³/mol.